The van der Waals surface area contributed by atoms with Crippen LogP contribution in [0, 0.1) is 0 Å². The molecular weight excluding hydrogens is 362 g/mol. The van der Waals surface area contributed by atoms with Crippen LogP contribution < -0.4 is 15.4 Å². The molecule has 0 aliphatic heterocycles. The zero-order valence-corrected chi connectivity index (χ0v) is 17.0. The van der Waals surface area contributed by atoms with Gasteiger partial charge in [0.25, 0.3) is 0 Å². The van der Waals surface area contributed by atoms with Gasteiger partial charge in [0, 0.05) is 19.2 Å². The molecule has 2 amide bonds. The van der Waals surface area contributed by atoms with Gasteiger partial charge in [-0.2, -0.15) is 0 Å². The largest absolute Gasteiger partial charge is 0.497 e. The summed E-state index contributed by atoms with van der Waals surface area (Å²) in [6, 6.07) is 7.35. The minimum atomic E-state index is -0.825. The molecule has 0 radical (unpaired) electrons. The van der Waals surface area contributed by atoms with E-state index in [1.165, 1.54) is 0 Å². The van der Waals surface area contributed by atoms with Crippen molar-refractivity contribution in [2.24, 2.45) is 0 Å². The van der Waals surface area contributed by atoms with Gasteiger partial charge in [0.15, 0.2) is 0 Å². The lowest BCUT2D eigenvalue weighted by atomic mass is 9.85. The van der Waals surface area contributed by atoms with E-state index < -0.39 is 5.97 Å². The van der Waals surface area contributed by atoms with Crippen molar-refractivity contribution in [1.82, 2.24) is 15.5 Å². The Labute approximate surface area is 166 Å². The molecule has 1 saturated carbocycles. The predicted molar refractivity (Wildman–Crippen MR) is 106 cm³/mol. The van der Waals surface area contributed by atoms with Crippen LogP contribution in [0.4, 0.5) is 4.79 Å². The van der Waals surface area contributed by atoms with Crippen molar-refractivity contribution in [3.05, 3.63) is 29.8 Å². The number of rotatable bonds is 10. The number of amides is 2. The van der Waals surface area contributed by atoms with E-state index in [4.69, 9.17) is 14.6 Å². The summed E-state index contributed by atoms with van der Waals surface area (Å²) in [5.74, 6) is -0.0607. The molecule has 0 saturated heterocycles. The fraction of sp³-hybridized carbons (Fsp3) is 0.600. The molecule has 0 bridgehead atoms. The molecule has 1 aliphatic carbocycles. The first-order valence-corrected chi connectivity index (χ1v) is 9.57. The maximum absolute atomic E-state index is 12.3. The lowest BCUT2D eigenvalue weighted by molar-refractivity contribution is -0.139. The average Bonchev–Trinajstić information content (AvgIpc) is 2.63. The van der Waals surface area contributed by atoms with Gasteiger partial charge >= 0.3 is 12.0 Å². The summed E-state index contributed by atoms with van der Waals surface area (Å²) in [5.41, 5.74) is 0.951. The predicted octanol–water partition coefficient (Wildman–Crippen LogP) is 2.01. The second kappa shape index (κ2) is 10.3. The zero-order valence-electron chi connectivity index (χ0n) is 17.0. The van der Waals surface area contributed by atoms with Gasteiger partial charge in [-0.1, -0.05) is 19.1 Å². The molecule has 1 aliphatic rings. The topological polar surface area (TPSA) is 100 Å². The Kier molecular flexibility index (Phi) is 8.07. The van der Waals surface area contributed by atoms with E-state index in [1.807, 2.05) is 43.0 Å². The molecule has 1 aromatic rings. The Bertz CT molecular complexity index is 646. The Morgan fingerprint density at radius 3 is 2.39 bits per heavy atom. The standard InChI is InChI=1S/C20H31N3O5/c1-5-23(12-18(24)25)16-10-15(11-16)22-20(26)21-13(2)19(28-4)14-6-8-17(27-3)9-7-14/h6-9,13,15-16,19H,5,10-12H2,1-4H3,(H,24,25)(H2,21,22,26). The number of hydrogen-bond donors (Lipinski definition) is 3. The number of hydrogen-bond acceptors (Lipinski definition) is 5. The first kappa shape index (κ1) is 22.0. The molecule has 1 fully saturated rings. The van der Waals surface area contributed by atoms with E-state index in [2.05, 4.69) is 10.6 Å². The highest BCUT2D eigenvalue weighted by Gasteiger charge is 2.35. The number of carbonyl (C=O) groups excluding carboxylic acids is 1. The maximum Gasteiger partial charge on any atom is 0.317 e. The number of carboxylic acid groups (broad SMARTS) is 1. The summed E-state index contributed by atoms with van der Waals surface area (Å²) in [5, 5.41) is 14.8. The Morgan fingerprint density at radius 1 is 1.25 bits per heavy atom. The molecule has 8 heteroatoms. The normalized spacial score (nSPS) is 20.8. The quantitative estimate of drug-likeness (QED) is 0.562. The summed E-state index contributed by atoms with van der Waals surface area (Å²) in [6.07, 6.45) is 1.24. The summed E-state index contributed by atoms with van der Waals surface area (Å²) in [7, 11) is 3.23. The highest BCUT2D eigenvalue weighted by molar-refractivity contribution is 5.74. The first-order valence-electron chi connectivity index (χ1n) is 9.57. The van der Waals surface area contributed by atoms with Crippen LogP contribution >= 0.6 is 0 Å². The lowest BCUT2D eigenvalue weighted by Crippen LogP contribution is -2.57. The number of nitrogens with zero attached hydrogens (tertiary/aromatic N) is 1. The number of carbonyl (C=O) groups is 2. The highest BCUT2D eigenvalue weighted by atomic mass is 16.5. The Hall–Kier alpha value is -2.32. The number of aliphatic carboxylic acids is 1. The molecule has 2 unspecified atom stereocenters. The molecule has 0 spiro atoms. The van der Waals surface area contributed by atoms with E-state index in [9.17, 15) is 9.59 Å². The summed E-state index contributed by atoms with van der Waals surface area (Å²) in [6.45, 7) is 4.56. The molecule has 28 heavy (non-hydrogen) atoms. The number of methoxy groups -OCH3 is 2. The Balaban J connectivity index is 1.81. The van der Waals surface area contributed by atoms with Crippen molar-refractivity contribution in [2.75, 3.05) is 27.3 Å². The monoisotopic (exact) mass is 393 g/mol. The van der Waals surface area contributed by atoms with Crippen molar-refractivity contribution in [2.45, 2.75) is 50.9 Å². The molecule has 8 nitrogen and oxygen atoms in total. The fourth-order valence-electron chi connectivity index (χ4n) is 3.61. The third kappa shape index (κ3) is 5.84. The molecule has 2 rings (SSSR count). The number of benzene rings is 1. The van der Waals surface area contributed by atoms with E-state index in [1.54, 1.807) is 14.2 Å². The van der Waals surface area contributed by atoms with Gasteiger partial charge in [0.1, 0.15) is 11.9 Å². The minimum Gasteiger partial charge on any atom is -0.497 e. The van der Waals surface area contributed by atoms with Crippen molar-refractivity contribution >= 4 is 12.0 Å². The van der Waals surface area contributed by atoms with Gasteiger partial charge in [-0.3, -0.25) is 9.69 Å². The van der Waals surface area contributed by atoms with Gasteiger partial charge in [0.05, 0.1) is 19.7 Å². The SMILES string of the molecule is CCN(CC(=O)O)C1CC(NC(=O)NC(C)C(OC)c2ccc(OC)cc2)C1. The third-order valence-electron chi connectivity index (χ3n) is 5.22. The van der Waals surface area contributed by atoms with Crippen LogP contribution in [-0.2, 0) is 9.53 Å². The van der Waals surface area contributed by atoms with Crippen LogP contribution in [0.15, 0.2) is 24.3 Å². The van der Waals surface area contributed by atoms with Crippen molar-refractivity contribution in [1.29, 1.82) is 0 Å². The van der Waals surface area contributed by atoms with Crippen LogP contribution in [0.5, 0.6) is 5.75 Å². The van der Waals surface area contributed by atoms with Crippen LogP contribution in [0.3, 0.4) is 0 Å². The van der Waals surface area contributed by atoms with Gasteiger partial charge < -0.3 is 25.2 Å². The molecule has 1 aromatic carbocycles. The molecule has 156 valence electrons. The molecule has 3 N–H and O–H groups in total. The van der Waals surface area contributed by atoms with Crippen LogP contribution in [0.1, 0.15) is 38.4 Å². The highest BCUT2D eigenvalue weighted by Crippen LogP contribution is 2.26. The van der Waals surface area contributed by atoms with E-state index in [0.29, 0.717) is 6.54 Å². The second-order valence-electron chi connectivity index (χ2n) is 7.11. The fourth-order valence-corrected chi connectivity index (χ4v) is 3.61. The second-order valence-corrected chi connectivity index (χ2v) is 7.11. The Morgan fingerprint density at radius 2 is 1.89 bits per heavy atom. The van der Waals surface area contributed by atoms with E-state index >= 15 is 0 Å². The average molecular weight is 393 g/mol. The number of nitrogens with one attached hydrogen (secondary N) is 2. The van der Waals surface area contributed by atoms with Crippen LogP contribution in [0.25, 0.3) is 0 Å². The molecule has 0 aromatic heterocycles. The van der Waals surface area contributed by atoms with Gasteiger partial charge in [0.2, 0.25) is 0 Å². The smallest absolute Gasteiger partial charge is 0.317 e. The number of ether oxygens (including phenoxy) is 2. The number of likely N-dealkylation sites (N-methyl/N-ethyl adjacent to an activating group) is 1. The van der Waals surface area contributed by atoms with Gasteiger partial charge in [-0.25, -0.2) is 4.79 Å². The van der Waals surface area contributed by atoms with Crippen molar-refractivity contribution in [3.63, 3.8) is 0 Å². The summed E-state index contributed by atoms with van der Waals surface area (Å²) in [4.78, 5) is 25.1. The third-order valence-corrected chi connectivity index (χ3v) is 5.22. The van der Waals surface area contributed by atoms with Crippen molar-refractivity contribution in [3.8, 4) is 5.75 Å². The summed E-state index contributed by atoms with van der Waals surface area (Å²) >= 11 is 0. The zero-order chi connectivity index (χ0) is 20.7. The first-order chi connectivity index (χ1) is 13.4. The van der Waals surface area contributed by atoms with E-state index in [-0.39, 0.29) is 36.8 Å². The number of carboxylic acids is 1. The molecule has 0 heterocycles. The molecule has 2 atom stereocenters. The summed E-state index contributed by atoms with van der Waals surface area (Å²) < 4.78 is 10.7. The van der Waals surface area contributed by atoms with E-state index in [0.717, 1.165) is 24.2 Å². The van der Waals surface area contributed by atoms with Gasteiger partial charge in [-0.05, 0) is 44.0 Å². The number of urea groups is 1. The molecular formula is C20H31N3O5. The lowest BCUT2D eigenvalue weighted by Gasteiger charge is -2.42. The minimum absolute atomic E-state index is 0.0362. The van der Waals surface area contributed by atoms with Crippen LogP contribution in [0.2, 0.25) is 0 Å². The van der Waals surface area contributed by atoms with Crippen LogP contribution in [-0.4, -0.2) is 67.4 Å². The maximum atomic E-state index is 12.3. The van der Waals surface area contributed by atoms with Crippen molar-refractivity contribution < 1.29 is 24.2 Å². The van der Waals surface area contributed by atoms with Gasteiger partial charge in [-0.15, -0.1) is 0 Å².